The molecule has 0 aliphatic rings. The Balaban J connectivity index is 1.94. The minimum Gasteiger partial charge on any atom is -0.424 e. The van der Waals surface area contributed by atoms with Crippen molar-refractivity contribution in [2.45, 2.75) is 10.4 Å². The van der Waals surface area contributed by atoms with E-state index in [1.807, 2.05) is 6.07 Å². The van der Waals surface area contributed by atoms with Crippen molar-refractivity contribution in [1.29, 1.82) is 0 Å². The van der Waals surface area contributed by atoms with Crippen LogP contribution in [-0.2, 0) is 4.79 Å². The maximum absolute atomic E-state index is 13.7. The number of thioether (sulfide) groups is 1. The molecule has 5 heteroatoms. The third kappa shape index (κ3) is 4.26. The van der Waals surface area contributed by atoms with E-state index >= 15 is 0 Å². The molecule has 0 radical (unpaired) electrons. The number of alkyl halides is 1. The van der Waals surface area contributed by atoms with Gasteiger partial charge in [-0.2, -0.15) is 0 Å². The Bertz CT molecular complexity index is 545. The van der Waals surface area contributed by atoms with Gasteiger partial charge in [-0.05, 0) is 36.4 Å². The molecular formula is C14H10ClFO2S. The van der Waals surface area contributed by atoms with Crippen LogP contribution in [0.3, 0.4) is 0 Å². The van der Waals surface area contributed by atoms with E-state index < -0.39 is 11.5 Å². The van der Waals surface area contributed by atoms with E-state index in [2.05, 4.69) is 0 Å². The number of esters is 1. The molecular weight excluding hydrogens is 287 g/mol. The van der Waals surface area contributed by atoms with Gasteiger partial charge in [0.05, 0.1) is 0 Å². The van der Waals surface area contributed by atoms with Crippen molar-refractivity contribution in [2.24, 2.45) is 0 Å². The molecule has 0 N–H and O–H groups in total. The Morgan fingerprint density at radius 1 is 1.11 bits per heavy atom. The number of hydrogen-bond acceptors (Lipinski definition) is 3. The molecule has 98 valence electrons. The fourth-order valence-corrected chi connectivity index (χ4v) is 2.16. The van der Waals surface area contributed by atoms with Crippen LogP contribution in [-0.4, -0.2) is 11.5 Å². The predicted octanol–water partition coefficient (Wildman–Crippen LogP) is 4.33. The molecule has 0 aromatic heterocycles. The molecule has 19 heavy (non-hydrogen) atoms. The lowest BCUT2D eigenvalue weighted by Gasteiger charge is -2.08. The summed E-state index contributed by atoms with van der Waals surface area (Å²) >= 11 is 6.51. The average Bonchev–Trinajstić information content (AvgIpc) is 2.42. The molecule has 2 rings (SSSR count). The minimum atomic E-state index is -1.77. The van der Waals surface area contributed by atoms with E-state index in [-0.39, 0.29) is 5.75 Å². The third-order valence-corrected chi connectivity index (χ3v) is 3.40. The molecule has 0 amide bonds. The summed E-state index contributed by atoms with van der Waals surface area (Å²) in [4.78, 5) is 12.2. The molecule has 2 aromatic rings. The summed E-state index contributed by atoms with van der Waals surface area (Å²) in [6.45, 7) is 0. The van der Waals surface area contributed by atoms with Gasteiger partial charge in [0, 0.05) is 9.92 Å². The first-order chi connectivity index (χ1) is 9.15. The van der Waals surface area contributed by atoms with Crippen molar-refractivity contribution in [1.82, 2.24) is 0 Å². The monoisotopic (exact) mass is 296 g/mol. The van der Waals surface area contributed by atoms with Crippen LogP contribution >= 0.6 is 23.4 Å². The number of halogens is 2. The zero-order valence-electron chi connectivity index (χ0n) is 9.75. The molecule has 0 spiro atoms. The number of ether oxygens (including phenoxy) is 1. The van der Waals surface area contributed by atoms with Crippen LogP contribution in [0.5, 0.6) is 5.75 Å². The summed E-state index contributed by atoms with van der Waals surface area (Å²) in [5.41, 5.74) is -1.77. The van der Waals surface area contributed by atoms with Gasteiger partial charge < -0.3 is 4.74 Å². The van der Waals surface area contributed by atoms with Gasteiger partial charge >= 0.3 is 5.97 Å². The Morgan fingerprint density at radius 2 is 1.74 bits per heavy atom. The minimum absolute atomic E-state index is 0.269. The van der Waals surface area contributed by atoms with E-state index in [1.165, 1.54) is 12.1 Å². The number of hydrogen-bond donors (Lipinski definition) is 0. The normalized spacial score (nSPS) is 11.9. The second kappa shape index (κ2) is 6.59. The first kappa shape index (κ1) is 13.9. The molecule has 2 nitrogen and oxygen atoms in total. The van der Waals surface area contributed by atoms with Crippen LogP contribution in [0.15, 0.2) is 59.5 Å². The molecule has 0 heterocycles. The first-order valence-corrected chi connectivity index (χ1v) is 6.74. The lowest BCUT2D eigenvalue weighted by Crippen LogP contribution is -2.18. The van der Waals surface area contributed by atoms with E-state index in [1.54, 1.807) is 36.4 Å². The van der Waals surface area contributed by atoms with E-state index in [0.29, 0.717) is 9.92 Å². The van der Waals surface area contributed by atoms with Gasteiger partial charge in [-0.3, -0.25) is 0 Å². The molecule has 0 fully saturated rings. The van der Waals surface area contributed by atoms with Crippen molar-refractivity contribution >= 4 is 29.3 Å². The van der Waals surface area contributed by atoms with Crippen molar-refractivity contribution in [2.75, 3.05) is 0 Å². The van der Waals surface area contributed by atoms with Crippen LogP contribution in [0.1, 0.15) is 0 Å². The van der Waals surface area contributed by atoms with Crippen LogP contribution in [0.4, 0.5) is 4.39 Å². The van der Waals surface area contributed by atoms with Gasteiger partial charge in [-0.1, -0.05) is 41.6 Å². The standard InChI is InChI=1S/C14H10ClFO2S/c15-10-6-8-11(9-7-10)18-14(17)13(16)19-12-4-2-1-3-5-12/h1-9,13H. The highest BCUT2D eigenvalue weighted by molar-refractivity contribution is 8.00. The summed E-state index contributed by atoms with van der Waals surface area (Å²) in [5, 5.41) is 0.523. The van der Waals surface area contributed by atoms with Crippen LogP contribution in [0.2, 0.25) is 5.02 Å². The van der Waals surface area contributed by atoms with Gasteiger partial charge in [-0.25, -0.2) is 9.18 Å². The zero-order valence-corrected chi connectivity index (χ0v) is 11.3. The Morgan fingerprint density at radius 3 is 2.37 bits per heavy atom. The van der Waals surface area contributed by atoms with Gasteiger partial charge in [0.1, 0.15) is 5.75 Å². The number of benzene rings is 2. The number of carbonyl (C=O) groups is 1. The quantitative estimate of drug-likeness (QED) is 0.477. The Labute approximate surface area is 119 Å². The van der Waals surface area contributed by atoms with E-state index in [9.17, 15) is 9.18 Å². The fraction of sp³-hybridized carbons (Fsp3) is 0.0714. The first-order valence-electron chi connectivity index (χ1n) is 5.48. The van der Waals surface area contributed by atoms with Crippen LogP contribution in [0, 0.1) is 0 Å². The number of carbonyl (C=O) groups excluding carboxylic acids is 1. The topological polar surface area (TPSA) is 26.3 Å². The molecule has 0 saturated heterocycles. The fourth-order valence-electron chi connectivity index (χ4n) is 1.33. The molecule has 2 aromatic carbocycles. The van der Waals surface area contributed by atoms with Crippen molar-refractivity contribution < 1.29 is 13.9 Å². The summed E-state index contributed by atoms with van der Waals surface area (Å²) in [5.74, 6) is -0.665. The average molecular weight is 297 g/mol. The summed E-state index contributed by atoms with van der Waals surface area (Å²) in [6, 6.07) is 15.0. The van der Waals surface area contributed by atoms with Gasteiger partial charge in [0.2, 0.25) is 5.50 Å². The second-order valence-corrected chi connectivity index (χ2v) is 5.18. The zero-order chi connectivity index (χ0) is 13.7. The largest absolute Gasteiger partial charge is 0.424 e. The van der Waals surface area contributed by atoms with Crippen molar-refractivity contribution in [3.8, 4) is 5.75 Å². The molecule has 0 aliphatic heterocycles. The lowest BCUT2D eigenvalue weighted by molar-refractivity contribution is -0.136. The van der Waals surface area contributed by atoms with Gasteiger partial charge in [-0.15, -0.1) is 0 Å². The van der Waals surface area contributed by atoms with E-state index in [0.717, 1.165) is 11.8 Å². The maximum atomic E-state index is 13.7. The summed E-state index contributed by atoms with van der Waals surface area (Å²) in [6.07, 6.45) is 0. The Kier molecular flexibility index (Phi) is 4.82. The molecule has 0 aliphatic carbocycles. The summed E-state index contributed by atoms with van der Waals surface area (Å²) in [7, 11) is 0. The predicted molar refractivity (Wildman–Crippen MR) is 74.3 cm³/mol. The maximum Gasteiger partial charge on any atom is 0.357 e. The van der Waals surface area contributed by atoms with Crippen LogP contribution in [0.25, 0.3) is 0 Å². The highest BCUT2D eigenvalue weighted by atomic mass is 35.5. The van der Waals surface area contributed by atoms with E-state index in [4.69, 9.17) is 16.3 Å². The van der Waals surface area contributed by atoms with Crippen LogP contribution < -0.4 is 4.74 Å². The smallest absolute Gasteiger partial charge is 0.357 e. The van der Waals surface area contributed by atoms with Crippen molar-refractivity contribution in [3.63, 3.8) is 0 Å². The highest BCUT2D eigenvalue weighted by Gasteiger charge is 2.21. The number of rotatable bonds is 4. The molecule has 0 saturated carbocycles. The molecule has 0 bridgehead atoms. The molecule has 1 unspecified atom stereocenters. The van der Waals surface area contributed by atoms with Gasteiger partial charge in [0.15, 0.2) is 0 Å². The molecule has 1 atom stereocenters. The Hall–Kier alpha value is -1.52. The summed E-state index contributed by atoms with van der Waals surface area (Å²) < 4.78 is 18.6. The highest BCUT2D eigenvalue weighted by Crippen LogP contribution is 2.25. The van der Waals surface area contributed by atoms with Gasteiger partial charge in [0.25, 0.3) is 0 Å². The lowest BCUT2D eigenvalue weighted by atomic mass is 10.3. The SMILES string of the molecule is O=C(Oc1ccc(Cl)cc1)C(F)Sc1ccccc1. The second-order valence-electron chi connectivity index (χ2n) is 3.62. The van der Waals surface area contributed by atoms with Crippen molar-refractivity contribution in [3.05, 3.63) is 59.6 Å². The third-order valence-electron chi connectivity index (χ3n) is 2.20.